The molecule has 0 aromatic heterocycles. The lowest BCUT2D eigenvalue weighted by atomic mass is 10.2. The average Bonchev–Trinajstić information content (AvgIpc) is 2.17. The number of nitrogens with one attached hydrogen (secondary N) is 1. The molecule has 1 N–H and O–H groups in total. The van der Waals surface area contributed by atoms with Crippen LogP contribution in [-0.4, -0.2) is 63.5 Å². The molecule has 0 radical (unpaired) electrons. The topological polar surface area (TPSA) is 35.6 Å². The summed E-state index contributed by atoms with van der Waals surface area (Å²) in [6, 6.07) is 0. The average molecular weight is 215 g/mol. The van der Waals surface area contributed by atoms with Crippen LogP contribution in [0, 0.1) is 0 Å². The molecule has 0 aromatic carbocycles. The van der Waals surface area contributed by atoms with Crippen LogP contribution in [0.2, 0.25) is 0 Å². The van der Waals surface area contributed by atoms with Gasteiger partial charge in [0.25, 0.3) is 0 Å². The minimum Gasteiger partial charge on any atom is -0.346 e. The van der Waals surface area contributed by atoms with Crippen molar-refractivity contribution in [3.05, 3.63) is 0 Å². The molecule has 0 aliphatic heterocycles. The largest absolute Gasteiger partial charge is 0.346 e. The molecule has 0 atom stereocenters. The van der Waals surface area contributed by atoms with Crippen molar-refractivity contribution < 1.29 is 4.79 Å². The first-order valence-corrected chi connectivity index (χ1v) is 5.61. The zero-order valence-corrected chi connectivity index (χ0v) is 10.5. The molecule has 90 valence electrons. The Kier molecular flexibility index (Phi) is 8.33. The van der Waals surface area contributed by atoms with Crippen LogP contribution in [0.4, 0.5) is 0 Å². The van der Waals surface area contributed by atoms with Crippen molar-refractivity contribution in [3.8, 4) is 0 Å². The van der Waals surface area contributed by atoms with Gasteiger partial charge >= 0.3 is 0 Å². The summed E-state index contributed by atoms with van der Waals surface area (Å²) in [5, 5.41) is 3.04. The summed E-state index contributed by atoms with van der Waals surface area (Å²) in [4.78, 5) is 15.5. The minimum atomic E-state index is 0.254. The first-order valence-electron chi connectivity index (χ1n) is 5.61. The molecular weight excluding hydrogens is 190 g/mol. The van der Waals surface area contributed by atoms with E-state index in [0.717, 1.165) is 32.5 Å². The number of hydrogen-bond acceptors (Lipinski definition) is 3. The summed E-state index contributed by atoms with van der Waals surface area (Å²) < 4.78 is 0. The minimum absolute atomic E-state index is 0.254. The van der Waals surface area contributed by atoms with Gasteiger partial charge in [-0.05, 0) is 47.1 Å². The van der Waals surface area contributed by atoms with Crippen LogP contribution >= 0.6 is 0 Å². The fourth-order valence-electron chi connectivity index (χ4n) is 1.36. The van der Waals surface area contributed by atoms with Crippen LogP contribution < -0.4 is 5.32 Å². The second-order valence-electron chi connectivity index (χ2n) is 4.18. The third kappa shape index (κ3) is 8.39. The lowest BCUT2D eigenvalue weighted by Crippen LogP contribution is -2.30. The highest BCUT2D eigenvalue weighted by atomic mass is 16.2. The van der Waals surface area contributed by atoms with E-state index in [4.69, 9.17) is 0 Å². The highest BCUT2D eigenvalue weighted by Gasteiger charge is 2.07. The van der Waals surface area contributed by atoms with Crippen LogP contribution in [-0.2, 0) is 4.79 Å². The Labute approximate surface area is 93.6 Å². The maximum atomic E-state index is 11.6. The van der Waals surface area contributed by atoms with Gasteiger partial charge in [-0.1, -0.05) is 0 Å². The number of amides is 1. The first-order chi connectivity index (χ1) is 7.07. The predicted octanol–water partition coefficient (Wildman–Crippen LogP) is 0.396. The Bertz CT molecular complexity index is 171. The fraction of sp³-hybridized carbons (Fsp3) is 0.909. The van der Waals surface area contributed by atoms with Gasteiger partial charge in [0.05, 0.1) is 0 Å². The highest BCUT2D eigenvalue weighted by molar-refractivity contribution is 5.75. The predicted molar refractivity (Wildman–Crippen MR) is 64.0 cm³/mol. The van der Waals surface area contributed by atoms with Gasteiger partial charge in [0.1, 0.15) is 0 Å². The SMILES string of the molecule is CNCCCC(=O)N(C)CCCN(C)C. The fourth-order valence-corrected chi connectivity index (χ4v) is 1.36. The molecule has 4 heteroatoms. The molecule has 0 saturated heterocycles. The maximum absolute atomic E-state index is 11.6. The van der Waals surface area contributed by atoms with Gasteiger partial charge in [-0.15, -0.1) is 0 Å². The summed E-state index contributed by atoms with van der Waals surface area (Å²) in [5.41, 5.74) is 0. The van der Waals surface area contributed by atoms with Gasteiger partial charge in [0.2, 0.25) is 5.91 Å². The number of carbonyl (C=O) groups excluding carboxylic acids is 1. The van der Waals surface area contributed by atoms with E-state index in [0.29, 0.717) is 6.42 Å². The van der Waals surface area contributed by atoms with Crippen molar-refractivity contribution in [2.24, 2.45) is 0 Å². The van der Waals surface area contributed by atoms with E-state index in [9.17, 15) is 4.79 Å². The van der Waals surface area contributed by atoms with E-state index in [2.05, 4.69) is 24.3 Å². The summed E-state index contributed by atoms with van der Waals surface area (Å²) in [6.07, 6.45) is 2.62. The highest BCUT2D eigenvalue weighted by Crippen LogP contribution is 1.96. The number of hydrogen-bond donors (Lipinski definition) is 1. The number of carbonyl (C=O) groups is 1. The lowest BCUT2D eigenvalue weighted by molar-refractivity contribution is -0.130. The zero-order valence-electron chi connectivity index (χ0n) is 10.5. The molecule has 0 rings (SSSR count). The molecule has 0 unspecified atom stereocenters. The summed E-state index contributed by atoms with van der Waals surface area (Å²) in [7, 11) is 7.89. The second-order valence-corrected chi connectivity index (χ2v) is 4.18. The van der Waals surface area contributed by atoms with Gasteiger partial charge < -0.3 is 15.1 Å². The summed E-state index contributed by atoms with van der Waals surface area (Å²) in [5.74, 6) is 0.254. The van der Waals surface area contributed by atoms with E-state index >= 15 is 0 Å². The van der Waals surface area contributed by atoms with Crippen LogP contribution in [0.3, 0.4) is 0 Å². The molecular formula is C11H25N3O. The van der Waals surface area contributed by atoms with Crippen molar-refractivity contribution in [1.82, 2.24) is 15.1 Å². The molecule has 1 amide bonds. The van der Waals surface area contributed by atoms with Gasteiger partial charge in [-0.2, -0.15) is 0 Å². The van der Waals surface area contributed by atoms with Crippen LogP contribution in [0.1, 0.15) is 19.3 Å². The molecule has 0 aliphatic carbocycles. The smallest absolute Gasteiger partial charge is 0.222 e. The van der Waals surface area contributed by atoms with Gasteiger partial charge in [0, 0.05) is 20.0 Å². The van der Waals surface area contributed by atoms with Crippen molar-refractivity contribution in [1.29, 1.82) is 0 Å². The molecule has 0 spiro atoms. The third-order valence-corrected chi connectivity index (χ3v) is 2.34. The van der Waals surface area contributed by atoms with E-state index in [1.807, 2.05) is 19.0 Å². The Balaban J connectivity index is 3.51. The molecule has 15 heavy (non-hydrogen) atoms. The summed E-state index contributed by atoms with van der Waals surface area (Å²) in [6.45, 7) is 2.81. The standard InChI is InChI=1S/C11H25N3O/c1-12-8-5-7-11(15)14(4)10-6-9-13(2)3/h12H,5-10H2,1-4H3. The molecule has 0 saturated carbocycles. The first kappa shape index (κ1) is 14.4. The zero-order chi connectivity index (χ0) is 11.7. The molecule has 0 aliphatic rings. The Morgan fingerprint density at radius 2 is 1.80 bits per heavy atom. The summed E-state index contributed by atoms with van der Waals surface area (Å²) >= 11 is 0. The molecule has 4 nitrogen and oxygen atoms in total. The van der Waals surface area contributed by atoms with Crippen molar-refractivity contribution in [2.45, 2.75) is 19.3 Å². The van der Waals surface area contributed by atoms with E-state index in [-0.39, 0.29) is 5.91 Å². The Morgan fingerprint density at radius 3 is 2.33 bits per heavy atom. The van der Waals surface area contributed by atoms with Gasteiger partial charge in [-0.3, -0.25) is 4.79 Å². The van der Waals surface area contributed by atoms with Gasteiger partial charge in [0.15, 0.2) is 0 Å². The number of nitrogens with zero attached hydrogens (tertiary/aromatic N) is 2. The van der Waals surface area contributed by atoms with Gasteiger partial charge in [-0.25, -0.2) is 0 Å². The molecule has 0 aromatic rings. The maximum Gasteiger partial charge on any atom is 0.222 e. The lowest BCUT2D eigenvalue weighted by Gasteiger charge is -2.18. The van der Waals surface area contributed by atoms with E-state index in [1.165, 1.54) is 0 Å². The van der Waals surface area contributed by atoms with E-state index in [1.54, 1.807) is 0 Å². The Morgan fingerprint density at radius 1 is 1.13 bits per heavy atom. The van der Waals surface area contributed by atoms with Crippen LogP contribution in [0.25, 0.3) is 0 Å². The van der Waals surface area contributed by atoms with Crippen molar-refractivity contribution in [2.75, 3.05) is 47.8 Å². The molecule has 0 bridgehead atoms. The van der Waals surface area contributed by atoms with E-state index < -0.39 is 0 Å². The Hall–Kier alpha value is -0.610. The number of rotatable bonds is 8. The third-order valence-electron chi connectivity index (χ3n) is 2.34. The monoisotopic (exact) mass is 215 g/mol. The second kappa shape index (κ2) is 8.68. The quantitative estimate of drug-likeness (QED) is 0.595. The normalized spacial score (nSPS) is 10.7. The molecule has 0 heterocycles. The van der Waals surface area contributed by atoms with Crippen LogP contribution in [0.15, 0.2) is 0 Å². The molecule has 0 fully saturated rings. The van der Waals surface area contributed by atoms with Crippen molar-refractivity contribution >= 4 is 5.91 Å². The van der Waals surface area contributed by atoms with Crippen molar-refractivity contribution in [3.63, 3.8) is 0 Å². The van der Waals surface area contributed by atoms with Crippen LogP contribution in [0.5, 0.6) is 0 Å².